The van der Waals surface area contributed by atoms with Crippen LogP contribution in [0.25, 0.3) is 0 Å². The summed E-state index contributed by atoms with van der Waals surface area (Å²) >= 11 is 0. The van der Waals surface area contributed by atoms with Crippen molar-refractivity contribution in [1.29, 1.82) is 0 Å². The zero-order valence-corrected chi connectivity index (χ0v) is 55.8. The minimum absolute atomic E-state index is 0.00274. The van der Waals surface area contributed by atoms with E-state index < -0.39 is 156 Å². The van der Waals surface area contributed by atoms with E-state index in [1.165, 1.54) is 35.8 Å². The molecule has 0 saturated carbocycles. The average Bonchev–Trinajstić information content (AvgIpc) is 1.83. The van der Waals surface area contributed by atoms with Gasteiger partial charge >= 0.3 is 24.4 Å². The summed E-state index contributed by atoms with van der Waals surface area (Å²) in [6, 6.07) is -10.2. The molecular formula is C62H102N14O18. The number of nitrogens with one attached hydrogen (secondary N) is 12. The maximum absolute atomic E-state index is 14.6. The second-order valence-electron chi connectivity index (χ2n) is 25.1. The van der Waals surface area contributed by atoms with Gasteiger partial charge in [0.15, 0.2) is 0 Å². The zero-order chi connectivity index (χ0) is 70.0. The maximum Gasteiger partial charge on any atom is 0.407 e. The Hall–Kier alpha value is -8.74. The summed E-state index contributed by atoms with van der Waals surface area (Å²) < 4.78 is 20.5. The van der Waals surface area contributed by atoms with E-state index in [-0.39, 0.29) is 117 Å². The van der Waals surface area contributed by atoms with Crippen molar-refractivity contribution in [2.45, 2.75) is 218 Å². The summed E-state index contributed by atoms with van der Waals surface area (Å²) in [6.45, 7) is 19.2. The van der Waals surface area contributed by atoms with Gasteiger partial charge < -0.3 is 92.5 Å². The molecule has 0 bridgehead atoms. The van der Waals surface area contributed by atoms with Gasteiger partial charge in [0.2, 0.25) is 59.1 Å². The minimum Gasteiger partial charge on any atom is -0.445 e. The van der Waals surface area contributed by atoms with Gasteiger partial charge in [-0.05, 0) is 158 Å². The molecule has 3 aliphatic rings. The van der Waals surface area contributed by atoms with E-state index >= 15 is 0 Å². The number of fused-ring (bicyclic) bond motifs is 2. The molecule has 3 saturated heterocycles. The molecule has 0 radical (unpaired) electrons. The monoisotopic (exact) mass is 1330 g/mol. The lowest BCUT2D eigenvalue weighted by atomic mass is 10.1. The Morgan fingerprint density at radius 1 is 0.447 bits per heavy atom. The molecule has 3 aliphatic heterocycles. The highest BCUT2D eigenvalue weighted by Crippen LogP contribution is 2.22. The topological polar surface area (TPSA) is 427 Å². The van der Waals surface area contributed by atoms with Crippen LogP contribution in [0.5, 0.6) is 0 Å². The van der Waals surface area contributed by atoms with E-state index in [9.17, 15) is 67.1 Å². The molecule has 32 heteroatoms. The summed E-state index contributed by atoms with van der Waals surface area (Å²) in [6.07, 6.45) is 3.24. The summed E-state index contributed by atoms with van der Waals surface area (Å²) in [5.41, 5.74) is -1.53. The predicted molar refractivity (Wildman–Crippen MR) is 341 cm³/mol. The highest BCUT2D eigenvalue weighted by atomic mass is 16.6. The molecule has 32 nitrogen and oxygen atoms in total. The van der Waals surface area contributed by atoms with Crippen LogP contribution in [0.15, 0.2) is 25.3 Å². The van der Waals surface area contributed by atoms with E-state index in [2.05, 4.69) is 77.0 Å². The fourth-order valence-electron chi connectivity index (χ4n) is 10.1. The van der Waals surface area contributed by atoms with Crippen molar-refractivity contribution in [1.82, 2.24) is 73.6 Å². The SMILES string of the molecule is C=CCOC(=O)NCCCC[C@H]1NC(=O)CNC(=O)[C@@H]2CCCN2C(=O)[C@@H](CCCCNC(=O)OC(C)(C)C)NC(=O)[C@@H](C)NC(=O)[C@@H](CCCCNC(=O)OCC=C)NC(=O)CNC(=O)[C@@H]2CCCN2C(=O)[C@H](CCCCNC(=O)OC(C)(C)C)NC(=O)[C@H](C)NC1=O. The van der Waals surface area contributed by atoms with Crippen LogP contribution in [0.2, 0.25) is 0 Å². The van der Waals surface area contributed by atoms with Crippen LogP contribution in [-0.4, -0.2) is 218 Å². The molecule has 12 N–H and O–H groups in total. The van der Waals surface area contributed by atoms with Crippen molar-refractivity contribution in [2.75, 3.05) is 65.6 Å². The third-order valence-electron chi connectivity index (χ3n) is 14.8. The predicted octanol–water partition coefficient (Wildman–Crippen LogP) is 0.718. The molecule has 528 valence electrons. The molecule has 3 heterocycles. The van der Waals surface area contributed by atoms with Gasteiger partial charge in [0.05, 0.1) is 13.1 Å². The molecule has 0 aromatic heterocycles. The lowest BCUT2D eigenvalue weighted by Crippen LogP contribution is -2.59. The molecule has 0 aromatic carbocycles. The first-order valence-corrected chi connectivity index (χ1v) is 32.4. The first-order chi connectivity index (χ1) is 44.4. The summed E-state index contributed by atoms with van der Waals surface area (Å²) in [5, 5.41) is 31.4. The van der Waals surface area contributed by atoms with E-state index in [4.69, 9.17) is 18.9 Å². The fraction of sp³-hybridized carbons (Fsp3) is 0.710. The number of nitrogens with zero attached hydrogens (tertiary/aromatic N) is 2. The zero-order valence-electron chi connectivity index (χ0n) is 55.8. The van der Waals surface area contributed by atoms with Crippen LogP contribution >= 0.6 is 0 Å². The van der Waals surface area contributed by atoms with Gasteiger partial charge in [-0.3, -0.25) is 47.9 Å². The van der Waals surface area contributed by atoms with Gasteiger partial charge in [0, 0.05) is 39.3 Å². The van der Waals surface area contributed by atoms with Crippen molar-refractivity contribution >= 4 is 83.4 Å². The molecule has 0 aromatic rings. The number of hydrogen-bond acceptors (Lipinski definition) is 18. The number of rotatable bonds is 24. The van der Waals surface area contributed by atoms with Gasteiger partial charge in [-0.1, -0.05) is 25.3 Å². The number of hydrogen-bond donors (Lipinski definition) is 12. The van der Waals surface area contributed by atoms with Crippen LogP contribution in [0.4, 0.5) is 19.2 Å². The van der Waals surface area contributed by atoms with E-state index in [0.717, 1.165) is 0 Å². The molecule has 0 aliphatic carbocycles. The molecule has 0 unspecified atom stereocenters. The molecule has 8 atom stereocenters. The van der Waals surface area contributed by atoms with E-state index in [0.29, 0.717) is 38.5 Å². The number of unbranched alkanes of at least 4 members (excludes halogenated alkanes) is 4. The maximum atomic E-state index is 14.6. The minimum atomic E-state index is -1.35. The van der Waals surface area contributed by atoms with Crippen LogP contribution < -0.4 is 63.8 Å². The Morgan fingerprint density at radius 3 is 1.09 bits per heavy atom. The lowest BCUT2D eigenvalue weighted by molar-refractivity contribution is -0.142. The third-order valence-corrected chi connectivity index (χ3v) is 14.8. The van der Waals surface area contributed by atoms with E-state index in [1.54, 1.807) is 41.5 Å². The Kier molecular flexibility index (Phi) is 34.7. The fourth-order valence-corrected chi connectivity index (χ4v) is 10.1. The normalized spacial score (nSPS) is 22.7. The van der Waals surface area contributed by atoms with Crippen molar-refractivity contribution in [3.63, 3.8) is 0 Å². The Morgan fingerprint density at radius 2 is 0.766 bits per heavy atom. The van der Waals surface area contributed by atoms with Crippen LogP contribution in [0, 0.1) is 0 Å². The Labute approximate surface area is 549 Å². The second-order valence-corrected chi connectivity index (χ2v) is 25.1. The first kappa shape index (κ1) is 79.5. The highest BCUT2D eigenvalue weighted by molar-refractivity contribution is 5.99. The van der Waals surface area contributed by atoms with Gasteiger partial charge in [0.25, 0.3) is 0 Å². The first-order valence-electron chi connectivity index (χ1n) is 32.4. The quantitative estimate of drug-likeness (QED) is 0.0360. The van der Waals surface area contributed by atoms with Crippen LogP contribution in [0.3, 0.4) is 0 Å². The highest BCUT2D eigenvalue weighted by Gasteiger charge is 2.41. The molecule has 3 rings (SSSR count). The number of carbonyl (C=O) groups excluding carboxylic acids is 14. The summed E-state index contributed by atoms with van der Waals surface area (Å²) in [4.78, 5) is 193. The second kappa shape index (κ2) is 41.1. The Bertz CT molecular complexity index is 2460. The number of ether oxygens (including phenoxy) is 4. The summed E-state index contributed by atoms with van der Waals surface area (Å²) in [7, 11) is 0. The largest absolute Gasteiger partial charge is 0.445 e. The van der Waals surface area contributed by atoms with Crippen LogP contribution in [-0.2, 0) is 66.9 Å². The molecule has 14 amide bonds. The lowest BCUT2D eigenvalue weighted by Gasteiger charge is -2.30. The number of carbonyl (C=O) groups is 14. The number of alkyl carbamates (subject to hydrolysis) is 4. The van der Waals surface area contributed by atoms with Crippen LogP contribution in [0.1, 0.15) is 158 Å². The molecular weight excluding hydrogens is 1230 g/mol. The van der Waals surface area contributed by atoms with Gasteiger partial charge in [-0.15, -0.1) is 0 Å². The molecule has 0 spiro atoms. The standard InChI is InChI=1S/C62H102N14O18/c1-11-35-91-57(87)63-29-17-13-23-41-51(81)69-39(3)49(79)73-43(25-15-19-31-65-59(89)93-61(5,6)7)55(85)76-34-22-28-46(76)54(84)68-38-48(78)72-42(24-14-18-30-64-58(88)92-36-12-2)52(82)70-40(4)50(80)74-44(26-16-20-32-66-60(90)94-62(8,9)10)56(86)75-33-21-27-45(75)53(83)67-37-47(77)71-41/h11-12,39-46H,1-2,13-38H2,3-10H3,(H,63,87)(H,64,88)(H,65,89)(H,66,90)(H,67,83)(H,68,84)(H,69,81)(H,70,82)(H,71,77)(H,72,78)(H,73,79)(H,74,80)/t39-,40+,41-,42-,43-,44+,45+,46+/m1/s1. The van der Waals surface area contributed by atoms with Crippen molar-refractivity contribution in [3.8, 4) is 0 Å². The van der Waals surface area contributed by atoms with Gasteiger partial charge in [0.1, 0.15) is 72.8 Å². The average molecular weight is 1330 g/mol. The van der Waals surface area contributed by atoms with Gasteiger partial charge in [-0.25, -0.2) is 19.2 Å². The van der Waals surface area contributed by atoms with E-state index in [1.807, 2.05) is 0 Å². The van der Waals surface area contributed by atoms with Crippen molar-refractivity contribution < 1.29 is 86.1 Å². The third kappa shape index (κ3) is 30.8. The Balaban J connectivity index is 2.02. The molecule has 94 heavy (non-hydrogen) atoms. The number of amides is 14. The molecule has 3 fully saturated rings. The van der Waals surface area contributed by atoms with Crippen molar-refractivity contribution in [2.24, 2.45) is 0 Å². The summed E-state index contributed by atoms with van der Waals surface area (Å²) in [5.74, 6) is -7.73. The van der Waals surface area contributed by atoms with Crippen molar-refractivity contribution in [3.05, 3.63) is 25.3 Å². The smallest absolute Gasteiger partial charge is 0.407 e. The van der Waals surface area contributed by atoms with Gasteiger partial charge in [-0.2, -0.15) is 0 Å².